The van der Waals surface area contributed by atoms with Gasteiger partial charge in [-0.15, -0.1) is 11.3 Å². The van der Waals surface area contributed by atoms with Gasteiger partial charge in [0.05, 0.1) is 17.7 Å². The van der Waals surface area contributed by atoms with E-state index in [2.05, 4.69) is 10.5 Å². The van der Waals surface area contributed by atoms with Crippen LogP contribution in [0.25, 0.3) is 4.96 Å². The smallest absolute Gasteiger partial charge is 0.249 e. The first-order chi connectivity index (χ1) is 7.94. The van der Waals surface area contributed by atoms with Crippen LogP contribution in [-0.4, -0.2) is 20.9 Å². The lowest BCUT2D eigenvalue weighted by Crippen LogP contribution is -2.34. The molecule has 92 valence electrons. The summed E-state index contributed by atoms with van der Waals surface area (Å²) in [7, 11) is 0. The molecular weight excluding hydrogens is 238 g/mol. The second-order valence-electron chi connectivity index (χ2n) is 4.74. The van der Waals surface area contributed by atoms with E-state index in [0.717, 1.165) is 10.7 Å². The minimum atomic E-state index is -0.385. The van der Waals surface area contributed by atoms with Gasteiger partial charge in [0.2, 0.25) is 5.91 Å². The molecule has 0 bridgehead atoms. The number of nitrogens with one attached hydrogen (secondary N) is 1. The van der Waals surface area contributed by atoms with Gasteiger partial charge in [0.15, 0.2) is 4.96 Å². The fourth-order valence-electron chi connectivity index (χ4n) is 1.27. The highest BCUT2D eigenvalue weighted by molar-refractivity contribution is 7.15. The molecule has 0 saturated carbocycles. The van der Waals surface area contributed by atoms with Crippen molar-refractivity contribution in [2.45, 2.75) is 32.8 Å². The maximum atomic E-state index is 11.6. The molecule has 0 aliphatic heterocycles. The number of fused-ring (bicyclic) bond motifs is 1. The fraction of sp³-hybridized carbons (Fsp3) is 0.455. The summed E-state index contributed by atoms with van der Waals surface area (Å²) >= 11 is 1.54. The van der Waals surface area contributed by atoms with E-state index in [0.29, 0.717) is 0 Å². The topological polar surface area (TPSA) is 55.6 Å². The van der Waals surface area contributed by atoms with E-state index < -0.39 is 0 Å². The molecule has 0 fully saturated rings. The van der Waals surface area contributed by atoms with E-state index in [1.807, 2.05) is 42.9 Å². The molecule has 1 amide bonds. The van der Waals surface area contributed by atoms with Crippen LogP contribution in [0.1, 0.15) is 26.5 Å². The number of thiazole rings is 1. The molecule has 0 aromatic carbocycles. The van der Waals surface area contributed by atoms with Gasteiger partial charge in [0, 0.05) is 17.8 Å². The van der Waals surface area contributed by atoms with E-state index in [4.69, 9.17) is 4.84 Å². The quantitative estimate of drug-likeness (QED) is 0.848. The zero-order valence-electron chi connectivity index (χ0n) is 10.1. The van der Waals surface area contributed by atoms with Crippen molar-refractivity contribution in [2.24, 2.45) is 0 Å². The normalized spacial score (nSPS) is 11.9. The monoisotopic (exact) mass is 253 g/mol. The van der Waals surface area contributed by atoms with Gasteiger partial charge in [0.1, 0.15) is 0 Å². The number of nitrogens with zero attached hydrogens (tertiary/aromatic N) is 2. The summed E-state index contributed by atoms with van der Waals surface area (Å²) in [6.07, 6.45) is 3.99. The highest BCUT2D eigenvalue weighted by Gasteiger charge is 2.14. The van der Waals surface area contributed by atoms with E-state index in [1.54, 1.807) is 11.3 Å². The van der Waals surface area contributed by atoms with Crippen molar-refractivity contribution >= 4 is 22.2 Å². The molecule has 6 heteroatoms. The van der Waals surface area contributed by atoms with Crippen molar-refractivity contribution in [1.29, 1.82) is 0 Å². The largest absolute Gasteiger partial charge is 0.297 e. The standard InChI is InChI=1S/C11H15N3O2S/c1-11(2,3)16-13-9(15)6-8-7-14-4-5-17-10(14)12-8/h4-5,7H,6H2,1-3H3,(H,13,15). The summed E-state index contributed by atoms with van der Waals surface area (Å²) in [6, 6.07) is 0. The molecule has 5 nitrogen and oxygen atoms in total. The summed E-state index contributed by atoms with van der Waals surface area (Å²) in [5, 5.41) is 1.95. The molecule has 0 radical (unpaired) electrons. The molecule has 2 heterocycles. The molecule has 2 rings (SSSR count). The van der Waals surface area contributed by atoms with Crippen LogP contribution >= 0.6 is 11.3 Å². The summed E-state index contributed by atoms with van der Waals surface area (Å²) < 4.78 is 1.90. The molecule has 0 aliphatic carbocycles. The van der Waals surface area contributed by atoms with E-state index in [-0.39, 0.29) is 17.9 Å². The summed E-state index contributed by atoms with van der Waals surface area (Å²) in [4.78, 5) is 22.0. The average Bonchev–Trinajstić information content (AvgIpc) is 2.73. The number of hydrogen-bond acceptors (Lipinski definition) is 4. The molecule has 0 saturated heterocycles. The number of imidazole rings is 1. The van der Waals surface area contributed by atoms with E-state index in [9.17, 15) is 4.79 Å². The maximum absolute atomic E-state index is 11.6. The van der Waals surface area contributed by atoms with Crippen LogP contribution in [0.4, 0.5) is 0 Å². The van der Waals surface area contributed by atoms with Gasteiger partial charge in [-0.25, -0.2) is 10.5 Å². The van der Waals surface area contributed by atoms with Gasteiger partial charge in [-0.05, 0) is 20.8 Å². The Hall–Kier alpha value is -1.40. The molecule has 0 spiro atoms. The van der Waals surface area contributed by atoms with Crippen LogP contribution in [0.15, 0.2) is 17.8 Å². The van der Waals surface area contributed by atoms with Crippen molar-refractivity contribution in [2.75, 3.05) is 0 Å². The zero-order valence-corrected chi connectivity index (χ0v) is 10.9. The lowest BCUT2D eigenvalue weighted by Gasteiger charge is -2.18. The highest BCUT2D eigenvalue weighted by Crippen LogP contribution is 2.11. The Balaban J connectivity index is 1.92. The number of carbonyl (C=O) groups excluding carboxylic acids is 1. The molecule has 0 aliphatic rings. The Labute approximate surface area is 103 Å². The molecule has 2 aromatic heterocycles. The number of amides is 1. The number of rotatable bonds is 3. The summed E-state index contributed by atoms with van der Waals surface area (Å²) in [6.45, 7) is 5.62. The third kappa shape index (κ3) is 3.28. The lowest BCUT2D eigenvalue weighted by atomic mass is 10.2. The zero-order chi connectivity index (χ0) is 12.5. The third-order valence-electron chi connectivity index (χ3n) is 1.96. The van der Waals surface area contributed by atoms with Crippen molar-refractivity contribution in [3.8, 4) is 0 Å². The number of hydroxylamine groups is 1. The first-order valence-corrected chi connectivity index (χ1v) is 6.20. The highest BCUT2D eigenvalue weighted by atomic mass is 32.1. The minimum absolute atomic E-state index is 0.189. The van der Waals surface area contributed by atoms with Gasteiger partial charge in [-0.3, -0.25) is 14.0 Å². The van der Waals surface area contributed by atoms with E-state index >= 15 is 0 Å². The summed E-state index contributed by atoms with van der Waals surface area (Å²) in [5.41, 5.74) is 2.78. The van der Waals surface area contributed by atoms with Crippen LogP contribution < -0.4 is 5.48 Å². The predicted molar refractivity (Wildman–Crippen MR) is 65.8 cm³/mol. The predicted octanol–water partition coefficient (Wildman–Crippen LogP) is 1.78. The number of carbonyl (C=O) groups is 1. The minimum Gasteiger partial charge on any atom is -0.297 e. The van der Waals surface area contributed by atoms with Crippen molar-refractivity contribution in [3.05, 3.63) is 23.5 Å². The Morgan fingerprint density at radius 2 is 2.35 bits per heavy atom. The Morgan fingerprint density at radius 3 is 3.00 bits per heavy atom. The van der Waals surface area contributed by atoms with Gasteiger partial charge in [-0.2, -0.15) is 0 Å². The van der Waals surface area contributed by atoms with Crippen LogP contribution in [-0.2, 0) is 16.1 Å². The number of hydrogen-bond donors (Lipinski definition) is 1. The second-order valence-corrected chi connectivity index (χ2v) is 5.61. The van der Waals surface area contributed by atoms with Crippen LogP contribution in [0.3, 0.4) is 0 Å². The Kier molecular flexibility index (Phi) is 3.17. The molecule has 0 unspecified atom stereocenters. The number of aromatic nitrogens is 2. The van der Waals surface area contributed by atoms with Crippen molar-refractivity contribution < 1.29 is 9.63 Å². The lowest BCUT2D eigenvalue weighted by molar-refractivity contribution is -0.144. The maximum Gasteiger partial charge on any atom is 0.249 e. The van der Waals surface area contributed by atoms with E-state index in [1.165, 1.54) is 0 Å². The molecule has 17 heavy (non-hydrogen) atoms. The van der Waals surface area contributed by atoms with Crippen LogP contribution in [0, 0.1) is 0 Å². The Morgan fingerprint density at radius 1 is 1.59 bits per heavy atom. The summed E-state index contributed by atoms with van der Waals surface area (Å²) in [5.74, 6) is -0.189. The third-order valence-corrected chi connectivity index (χ3v) is 2.73. The molecular formula is C11H15N3O2S. The van der Waals surface area contributed by atoms with Crippen molar-refractivity contribution in [1.82, 2.24) is 14.9 Å². The second kappa shape index (κ2) is 4.46. The average molecular weight is 253 g/mol. The van der Waals surface area contributed by atoms with Gasteiger partial charge >= 0.3 is 0 Å². The Bertz CT molecular complexity index is 496. The first-order valence-electron chi connectivity index (χ1n) is 5.32. The van der Waals surface area contributed by atoms with Crippen molar-refractivity contribution in [3.63, 3.8) is 0 Å². The molecule has 1 N–H and O–H groups in total. The SMILES string of the molecule is CC(C)(C)ONC(=O)Cc1cn2ccsc2n1. The fourth-order valence-corrected chi connectivity index (χ4v) is 1.99. The molecule has 0 atom stereocenters. The van der Waals surface area contributed by atoms with Crippen LogP contribution in [0.5, 0.6) is 0 Å². The first kappa shape index (κ1) is 12.1. The van der Waals surface area contributed by atoms with Gasteiger partial charge in [0.25, 0.3) is 0 Å². The van der Waals surface area contributed by atoms with Crippen LogP contribution in [0.2, 0.25) is 0 Å². The molecule has 2 aromatic rings. The van der Waals surface area contributed by atoms with Gasteiger partial charge < -0.3 is 0 Å². The van der Waals surface area contributed by atoms with Gasteiger partial charge in [-0.1, -0.05) is 0 Å².